The van der Waals surface area contributed by atoms with Gasteiger partial charge in [-0.1, -0.05) is 97.1 Å². The third kappa shape index (κ3) is 6.63. The molecule has 0 heterocycles. The zero-order chi connectivity index (χ0) is 25.3. The summed E-state index contributed by atoms with van der Waals surface area (Å²) in [4.78, 5) is 2.34. The number of nitrogens with zero attached hydrogens (tertiary/aromatic N) is 1. The fourth-order valence-corrected chi connectivity index (χ4v) is 4.84. The van der Waals surface area contributed by atoms with Crippen LogP contribution in [0.3, 0.4) is 0 Å². The molecule has 0 spiro atoms. The highest BCUT2D eigenvalue weighted by molar-refractivity contribution is 5.82. The largest absolute Gasteiger partial charge is 0.374 e. The van der Waals surface area contributed by atoms with E-state index in [0.29, 0.717) is 0 Å². The van der Waals surface area contributed by atoms with Crippen molar-refractivity contribution in [2.24, 2.45) is 0 Å². The van der Waals surface area contributed by atoms with Crippen molar-refractivity contribution in [3.8, 4) is 0 Å². The van der Waals surface area contributed by atoms with E-state index in [0.717, 1.165) is 55.3 Å². The maximum Gasteiger partial charge on any atom is 0.180 e. The number of methoxy groups -OCH3 is 1. The highest BCUT2D eigenvalue weighted by Crippen LogP contribution is 2.28. The minimum Gasteiger partial charge on any atom is -0.374 e. The van der Waals surface area contributed by atoms with Crippen molar-refractivity contribution in [1.82, 2.24) is 4.90 Å². The molecule has 0 radical (unpaired) electrons. The van der Waals surface area contributed by atoms with Gasteiger partial charge in [0.05, 0.1) is 0 Å². The summed E-state index contributed by atoms with van der Waals surface area (Å²) in [5.41, 5.74) is 9.60. The minimum absolute atomic E-state index is 0.836. The van der Waals surface area contributed by atoms with Crippen LogP contribution in [0, 0.1) is 0 Å². The molecule has 0 bridgehead atoms. The molecule has 1 aliphatic carbocycles. The molecule has 3 aromatic rings. The molecule has 0 fully saturated rings. The summed E-state index contributed by atoms with van der Waals surface area (Å²) in [6.07, 6.45) is 8.99. The molecule has 36 heavy (non-hydrogen) atoms. The molecule has 4 rings (SSSR count). The van der Waals surface area contributed by atoms with Crippen LogP contribution in [0.25, 0.3) is 11.3 Å². The second kappa shape index (κ2) is 12.5. The molecule has 0 saturated heterocycles. The summed E-state index contributed by atoms with van der Waals surface area (Å²) >= 11 is 0. The Hall–Kier alpha value is -3.40. The van der Waals surface area contributed by atoms with Crippen molar-refractivity contribution in [2.45, 2.75) is 38.4 Å². The van der Waals surface area contributed by atoms with Gasteiger partial charge in [-0.15, -0.1) is 0 Å². The van der Waals surface area contributed by atoms with Crippen molar-refractivity contribution < 1.29 is 9.84 Å². The summed E-state index contributed by atoms with van der Waals surface area (Å²) in [5.74, 6) is 0. The lowest BCUT2D eigenvalue weighted by Crippen LogP contribution is -2.18. The van der Waals surface area contributed by atoms with E-state index >= 15 is 0 Å². The average molecular weight is 480 g/mol. The number of benzene rings is 3. The summed E-state index contributed by atoms with van der Waals surface area (Å²) in [6.45, 7) is 5.27. The smallest absolute Gasteiger partial charge is 0.180 e. The molecule has 0 aliphatic heterocycles. The van der Waals surface area contributed by atoms with Gasteiger partial charge in [0.15, 0.2) is 6.29 Å². The fraction of sp³-hybridized carbons (Fsp3) is 0.273. The van der Waals surface area contributed by atoms with Crippen LogP contribution in [-0.2, 0) is 17.6 Å². The maximum absolute atomic E-state index is 10.0. The van der Waals surface area contributed by atoms with Crippen molar-refractivity contribution in [1.29, 1.82) is 0 Å². The summed E-state index contributed by atoms with van der Waals surface area (Å²) in [5, 5.41) is 10.0. The van der Waals surface area contributed by atoms with Crippen molar-refractivity contribution in [3.63, 3.8) is 0 Å². The molecule has 0 amide bonds. The normalized spacial score (nSPS) is 15.8. The summed E-state index contributed by atoms with van der Waals surface area (Å²) < 4.78 is 5.08. The van der Waals surface area contributed by atoms with Gasteiger partial charge < -0.3 is 14.7 Å². The molecule has 3 heteroatoms. The molecule has 1 aliphatic rings. The van der Waals surface area contributed by atoms with Crippen LogP contribution in [0.1, 0.15) is 53.4 Å². The van der Waals surface area contributed by atoms with Crippen LogP contribution < -0.4 is 0 Å². The standard InChI is InChI=1S/C33H37NO2/c1-25(27-12-6-4-7-13-27)23-32(29-14-8-5-9-15-29)34(2)22-10-11-26-16-18-28-20-21-31(33(35)36-3)24-30(28)19-17-26/h4-9,11-15,20-21,23-24,33,35H,1,10,16-19,22H2,2-3H3/b26-11-,32-23-. The topological polar surface area (TPSA) is 32.7 Å². The molecule has 3 nitrogen and oxygen atoms in total. The molecule has 1 N–H and O–H groups in total. The summed E-state index contributed by atoms with van der Waals surface area (Å²) in [7, 11) is 3.70. The van der Waals surface area contributed by atoms with E-state index in [1.165, 1.54) is 35.1 Å². The lowest BCUT2D eigenvalue weighted by atomic mass is 10.00. The van der Waals surface area contributed by atoms with E-state index in [1.54, 1.807) is 0 Å². The zero-order valence-electron chi connectivity index (χ0n) is 21.5. The lowest BCUT2D eigenvalue weighted by molar-refractivity contribution is -0.0769. The van der Waals surface area contributed by atoms with E-state index < -0.39 is 6.29 Å². The van der Waals surface area contributed by atoms with Gasteiger partial charge in [0.1, 0.15) is 0 Å². The Morgan fingerprint density at radius 3 is 2.22 bits per heavy atom. The third-order valence-electron chi connectivity index (χ3n) is 7.00. The van der Waals surface area contributed by atoms with Crippen LogP contribution in [0.4, 0.5) is 0 Å². The van der Waals surface area contributed by atoms with E-state index in [1.807, 2.05) is 12.1 Å². The molecule has 0 saturated carbocycles. The monoisotopic (exact) mass is 479 g/mol. The second-order valence-corrected chi connectivity index (χ2v) is 9.48. The van der Waals surface area contributed by atoms with Crippen LogP contribution in [0.2, 0.25) is 0 Å². The van der Waals surface area contributed by atoms with E-state index in [2.05, 4.69) is 97.4 Å². The third-order valence-corrected chi connectivity index (χ3v) is 7.00. The van der Waals surface area contributed by atoms with E-state index in [4.69, 9.17) is 4.74 Å². The number of allylic oxidation sites excluding steroid dienone is 3. The van der Waals surface area contributed by atoms with E-state index in [9.17, 15) is 5.11 Å². The number of ether oxygens (including phenoxy) is 1. The minimum atomic E-state index is -0.853. The van der Waals surface area contributed by atoms with Gasteiger partial charge >= 0.3 is 0 Å². The Kier molecular flexibility index (Phi) is 8.94. The first kappa shape index (κ1) is 25.7. The number of hydrogen-bond donors (Lipinski definition) is 1. The van der Waals surface area contributed by atoms with Gasteiger partial charge in [0, 0.05) is 32.0 Å². The first-order chi connectivity index (χ1) is 17.5. The summed E-state index contributed by atoms with van der Waals surface area (Å²) in [6, 6.07) is 27.2. The Bertz CT molecular complexity index is 1210. The number of aryl methyl sites for hydroxylation is 2. The second-order valence-electron chi connectivity index (χ2n) is 9.48. The van der Waals surface area contributed by atoms with E-state index in [-0.39, 0.29) is 0 Å². The van der Waals surface area contributed by atoms with Gasteiger partial charge in [-0.25, -0.2) is 0 Å². The van der Waals surface area contributed by atoms with Crippen LogP contribution in [-0.4, -0.2) is 30.7 Å². The molecule has 3 aromatic carbocycles. The van der Waals surface area contributed by atoms with Gasteiger partial charge in [-0.3, -0.25) is 0 Å². The Labute approximate surface area is 216 Å². The molecular formula is C33H37NO2. The molecule has 1 atom stereocenters. The zero-order valence-corrected chi connectivity index (χ0v) is 21.5. The number of rotatable bonds is 9. The highest BCUT2D eigenvalue weighted by atomic mass is 16.6. The molecule has 186 valence electrons. The average Bonchev–Trinajstić information content (AvgIpc) is 3.13. The fourth-order valence-electron chi connectivity index (χ4n) is 4.84. The van der Waals surface area contributed by atoms with Crippen molar-refractivity contribution >= 4 is 11.3 Å². The van der Waals surface area contributed by atoms with Gasteiger partial charge in [-0.2, -0.15) is 0 Å². The number of aliphatic hydroxyl groups is 1. The van der Waals surface area contributed by atoms with Crippen LogP contribution in [0.15, 0.2) is 103 Å². The maximum atomic E-state index is 10.0. The van der Waals surface area contributed by atoms with Gasteiger partial charge in [0.25, 0.3) is 0 Å². The number of fused-ring (bicyclic) bond motifs is 1. The van der Waals surface area contributed by atoms with Crippen molar-refractivity contribution in [2.75, 3.05) is 20.7 Å². The van der Waals surface area contributed by atoms with Gasteiger partial charge in [-0.05, 0) is 66.0 Å². The van der Waals surface area contributed by atoms with Crippen LogP contribution in [0.5, 0.6) is 0 Å². The Morgan fingerprint density at radius 1 is 0.917 bits per heavy atom. The Balaban J connectivity index is 1.43. The quantitative estimate of drug-likeness (QED) is 0.152. The molecule has 0 aromatic heterocycles. The van der Waals surface area contributed by atoms with Crippen LogP contribution >= 0.6 is 0 Å². The first-order valence-electron chi connectivity index (χ1n) is 12.8. The SMILES string of the molecule is C=C(/C=C(/c1ccccc1)N(C)CC/C=C1/CCc2ccc(C(O)OC)cc2CC1)c1ccccc1. The first-order valence-corrected chi connectivity index (χ1v) is 12.8. The predicted octanol–water partition coefficient (Wildman–Crippen LogP) is 7.21. The molecule has 1 unspecified atom stereocenters. The number of hydrogen-bond acceptors (Lipinski definition) is 3. The van der Waals surface area contributed by atoms with Gasteiger partial charge in [0.2, 0.25) is 0 Å². The highest BCUT2D eigenvalue weighted by Gasteiger charge is 2.14. The lowest BCUT2D eigenvalue weighted by Gasteiger charge is -2.23. The number of aliphatic hydroxyl groups excluding tert-OH is 1. The van der Waals surface area contributed by atoms with Crippen molar-refractivity contribution in [3.05, 3.63) is 131 Å². The molecular weight excluding hydrogens is 442 g/mol. The Morgan fingerprint density at radius 2 is 1.56 bits per heavy atom. The predicted molar refractivity (Wildman–Crippen MR) is 150 cm³/mol.